The van der Waals surface area contributed by atoms with Crippen molar-refractivity contribution in [3.8, 4) is 0 Å². The van der Waals surface area contributed by atoms with Crippen LogP contribution in [0.3, 0.4) is 0 Å². The van der Waals surface area contributed by atoms with Crippen molar-refractivity contribution in [2.24, 2.45) is 12.5 Å². The summed E-state index contributed by atoms with van der Waals surface area (Å²) in [6.45, 7) is 8.82. The SMILES string of the molecule is Cc1nccn2cccc12.Cc1nn(C)c2c1CCC(C)(C)C2. The van der Waals surface area contributed by atoms with Gasteiger partial charge in [0.05, 0.1) is 16.9 Å². The Morgan fingerprint density at radius 3 is 2.65 bits per heavy atom. The first-order valence-corrected chi connectivity index (χ1v) is 8.27. The van der Waals surface area contributed by atoms with Gasteiger partial charge in [-0.1, -0.05) is 13.8 Å². The number of aryl methyl sites for hydroxylation is 3. The number of aromatic nitrogens is 4. The molecule has 3 heterocycles. The van der Waals surface area contributed by atoms with E-state index in [0.29, 0.717) is 5.41 Å². The molecule has 0 atom stereocenters. The topological polar surface area (TPSA) is 35.1 Å². The van der Waals surface area contributed by atoms with Crippen LogP contribution in [0.1, 0.15) is 42.9 Å². The minimum atomic E-state index is 0.466. The first-order chi connectivity index (χ1) is 10.9. The molecule has 0 aromatic carbocycles. The number of fused-ring (bicyclic) bond motifs is 2. The Bertz CT molecular complexity index is 823. The fraction of sp³-hybridized carbons (Fsp3) is 0.474. The van der Waals surface area contributed by atoms with E-state index in [9.17, 15) is 0 Å². The Kier molecular flexibility index (Phi) is 4.00. The zero-order valence-electron chi connectivity index (χ0n) is 14.8. The molecule has 3 aromatic heterocycles. The van der Waals surface area contributed by atoms with Crippen molar-refractivity contribution in [3.05, 3.63) is 53.4 Å². The molecular formula is C19H26N4. The summed E-state index contributed by atoms with van der Waals surface area (Å²) in [4.78, 5) is 4.16. The summed E-state index contributed by atoms with van der Waals surface area (Å²) in [6, 6.07) is 4.08. The van der Waals surface area contributed by atoms with Crippen LogP contribution in [-0.2, 0) is 19.9 Å². The lowest BCUT2D eigenvalue weighted by atomic mass is 9.76. The van der Waals surface area contributed by atoms with Crippen LogP contribution in [0.2, 0.25) is 0 Å². The Morgan fingerprint density at radius 2 is 1.91 bits per heavy atom. The van der Waals surface area contributed by atoms with Gasteiger partial charge >= 0.3 is 0 Å². The molecule has 122 valence electrons. The molecule has 4 rings (SSSR count). The molecular weight excluding hydrogens is 284 g/mol. The Morgan fingerprint density at radius 1 is 1.13 bits per heavy atom. The smallest absolute Gasteiger partial charge is 0.0663 e. The van der Waals surface area contributed by atoms with E-state index in [2.05, 4.69) is 53.1 Å². The average Bonchev–Trinajstić information content (AvgIpc) is 3.05. The highest BCUT2D eigenvalue weighted by Crippen LogP contribution is 2.35. The van der Waals surface area contributed by atoms with Crippen molar-refractivity contribution >= 4 is 5.52 Å². The molecule has 0 aliphatic heterocycles. The number of rotatable bonds is 0. The first kappa shape index (κ1) is 15.8. The van der Waals surface area contributed by atoms with E-state index in [4.69, 9.17) is 0 Å². The molecule has 0 spiro atoms. The van der Waals surface area contributed by atoms with Crippen LogP contribution in [0, 0.1) is 19.3 Å². The second-order valence-electron chi connectivity index (χ2n) is 7.29. The summed E-state index contributed by atoms with van der Waals surface area (Å²) in [7, 11) is 2.06. The zero-order chi connectivity index (χ0) is 16.6. The van der Waals surface area contributed by atoms with Gasteiger partial charge in [0, 0.05) is 31.3 Å². The molecule has 0 N–H and O–H groups in total. The van der Waals surface area contributed by atoms with E-state index in [-0.39, 0.29) is 0 Å². The van der Waals surface area contributed by atoms with Crippen LogP contribution < -0.4 is 0 Å². The largest absolute Gasteiger partial charge is 0.321 e. The number of hydrogen-bond acceptors (Lipinski definition) is 2. The summed E-state index contributed by atoms with van der Waals surface area (Å²) in [5, 5.41) is 4.47. The first-order valence-electron chi connectivity index (χ1n) is 8.27. The van der Waals surface area contributed by atoms with Gasteiger partial charge in [0.15, 0.2) is 0 Å². The molecule has 4 nitrogen and oxygen atoms in total. The van der Waals surface area contributed by atoms with Crippen molar-refractivity contribution in [2.45, 2.75) is 47.0 Å². The van der Waals surface area contributed by atoms with Gasteiger partial charge in [-0.25, -0.2) is 0 Å². The van der Waals surface area contributed by atoms with E-state index in [1.807, 2.05) is 31.6 Å². The minimum absolute atomic E-state index is 0.466. The van der Waals surface area contributed by atoms with Crippen LogP contribution in [0.15, 0.2) is 30.7 Å². The number of hydrogen-bond donors (Lipinski definition) is 0. The summed E-state index contributed by atoms with van der Waals surface area (Å²) in [5.41, 5.74) is 6.91. The highest BCUT2D eigenvalue weighted by molar-refractivity contribution is 5.50. The molecule has 0 radical (unpaired) electrons. The summed E-state index contributed by atoms with van der Waals surface area (Å²) >= 11 is 0. The van der Waals surface area contributed by atoms with Gasteiger partial charge in [0.2, 0.25) is 0 Å². The third-order valence-corrected chi connectivity index (χ3v) is 4.82. The molecule has 0 unspecified atom stereocenters. The highest BCUT2D eigenvalue weighted by Gasteiger charge is 2.28. The second kappa shape index (κ2) is 5.84. The van der Waals surface area contributed by atoms with Gasteiger partial charge in [-0.15, -0.1) is 0 Å². The van der Waals surface area contributed by atoms with Crippen molar-refractivity contribution in [1.82, 2.24) is 19.2 Å². The molecule has 1 aliphatic carbocycles. The van der Waals surface area contributed by atoms with Crippen LogP contribution in [-0.4, -0.2) is 19.2 Å². The van der Waals surface area contributed by atoms with E-state index >= 15 is 0 Å². The van der Waals surface area contributed by atoms with Gasteiger partial charge in [0.1, 0.15) is 0 Å². The lowest BCUT2D eigenvalue weighted by Gasteiger charge is -2.29. The maximum absolute atomic E-state index is 4.47. The van der Waals surface area contributed by atoms with Crippen LogP contribution >= 0.6 is 0 Å². The lowest BCUT2D eigenvalue weighted by Crippen LogP contribution is -2.23. The van der Waals surface area contributed by atoms with Crippen molar-refractivity contribution < 1.29 is 0 Å². The molecule has 4 heteroatoms. The third kappa shape index (κ3) is 3.16. The van der Waals surface area contributed by atoms with Crippen molar-refractivity contribution in [2.75, 3.05) is 0 Å². The molecule has 0 fully saturated rings. The predicted molar refractivity (Wildman–Crippen MR) is 93.7 cm³/mol. The van der Waals surface area contributed by atoms with E-state index in [1.165, 1.54) is 41.7 Å². The zero-order valence-corrected chi connectivity index (χ0v) is 14.8. The fourth-order valence-corrected chi connectivity index (χ4v) is 3.42. The molecule has 0 bridgehead atoms. The minimum Gasteiger partial charge on any atom is -0.321 e. The summed E-state index contributed by atoms with van der Waals surface area (Å²) in [5.74, 6) is 0. The van der Waals surface area contributed by atoms with Crippen molar-refractivity contribution in [3.63, 3.8) is 0 Å². The van der Waals surface area contributed by atoms with Gasteiger partial charge in [-0.3, -0.25) is 9.67 Å². The average molecular weight is 310 g/mol. The summed E-state index contributed by atoms with van der Waals surface area (Å²) < 4.78 is 4.12. The maximum atomic E-state index is 4.47. The predicted octanol–water partition coefficient (Wildman–Crippen LogP) is 3.89. The molecule has 23 heavy (non-hydrogen) atoms. The number of nitrogens with zero attached hydrogens (tertiary/aromatic N) is 4. The Balaban J connectivity index is 0.000000140. The molecule has 0 saturated carbocycles. The lowest BCUT2D eigenvalue weighted by molar-refractivity contribution is 0.306. The van der Waals surface area contributed by atoms with Gasteiger partial charge in [-0.2, -0.15) is 5.10 Å². The van der Waals surface area contributed by atoms with Gasteiger partial charge in [-0.05, 0) is 56.2 Å². The summed E-state index contributed by atoms with van der Waals surface area (Å²) in [6.07, 6.45) is 9.46. The van der Waals surface area contributed by atoms with Crippen molar-refractivity contribution in [1.29, 1.82) is 0 Å². The standard InChI is InChI=1S/C11H18N2.C8H8N2/c1-8-9-5-6-11(2,3)7-10(9)13(4)12-8;1-7-8-3-2-5-10(8)6-4-9-7/h5-7H2,1-4H3;2-6H,1H3. The van der Waals surface area contributed by atoms with Gasteiger partial charge in [0.25, 0.3) is 0 Å². The normalized spacial score (nSPS) is 15.9. The quantitative estimate of drug-likeness (QED) is 0.631. The molecule has 0 amide bonds. The van der Waals surface area contributed by atoms with E-state index in [1.54, 1.807) is 0 Å². The molecule has 3 aromatic rings. The van der Waals surface area contributed by atoms with E-state index < -0.39 is 0 Å². The van der Waals surface area contributed by atoms with E-state index in [0.717, 1.165) is 5.69 Å². The monoisotopic (exact) mass is 310 g/mol. The highest BCUT2D eigenvalue weighted by atomic mass is 15.3. The van der Waals surface area contributed by atoms with Crippen LogP contribution in [0.5, 0.6) is 0 Å². The molecule has 0 saturated heterocycles. The van der Waals surface area contributed by atoms with Gasteiger partial charge < -0.3 is 4.40 Å². The molecule has 1 aliphatic rings. The fourth-order valence-electron chi connectivity index (χ4n) is 3.42. The maximum Gasteiger partial charge on any atom is 0.0663 e. The Hall–Kier alpha value is -2.10. The Labute approximate surface area is 138 Å². The van der Waals surface area contributed by atoms with Crippen LogP contribution in [0.25, 0.3) is 5.52 Å². The van der Waals surface area contributed by atoms with Crippen LogP contribution in [0.4, 0.5) is 0 Å². The second-order valence-corrected chi connectivity index (χ2v) is 7.29. The third-order valence-electron chi connectivity index (χ3n) is 4.82.